The van der Waals surface area contributed by atoms with Gasteiger partial charge in [0, 0.05) is 9.77 Å². The van der Waals surface area contributed by atoms with Gasteiger partial charge in [-0.15, -0.1) is 5.10 Å². The number of hydrogen-bond donors (Lipinski definition) is 1. The number of pyridine rings is 1. The van der Waals surface area contributed by atoms with Gasteiger partial charge >= 0.3 is 12.1 Å². The summed E-state index contributed by atoms with van der Waals surface area (Å²) in [6.07, 6.45) is -3.14. The Labute approximate surface area is 174 Å². The van der Waals surface area contributed by atoms with Crippen molar-refractivity contribution in [2.75, 3.05) is 10.8 Å². The fraction of sp³-hybridized carbons (Fsp3) is 0.400. The quantitative estimate of drug-likeness (QED) is 0.466. The molecule has 2 aromatic rings. The fourth-order valence-electron chi connectivity index (χ4n) is 2.57. The van der Waals surface area contributed by atoms with Gasteiger partial charge in [-0.3, -0.25) is 0 Å². The van der Waals surface area contributed by atoms with Gasteiger partial charge in [-0.2, -0.15) is 22.0 Å². The van der Waals surface area contributed by atoms with Crippen molar-refractivity contribution in [1.82, 2.24) is 15.0 Å². The molecule has 0 aliphatic carbocycles. The van der Waals surface area contributed by atoms with E-state index >= 15 is 0 Å². The average Bonchev–Trinajstić information content (AvgIpc) is 3.03. The minimum atomic E-state index is -5.83. The number of anilines is 1. The minimum absolute atomic E-state index is 0.0752. The number of halogens is 6. The molecule has 0 saturated heterocycles. The van der Waals surface area contributed by atoms with Gasteiger partial charge in [0.2, 0.25) is 0 Å². The highest BCUT2D eigenvalue weighted by molar-refractivity contribution is 14.1. The number of rotatable bonds is 4. The molecule has 0 aromatic carbocycles. The second-order valence-corrected chi connectivity index (χ2v) is 9.62. The zero-order valence-electron chi connectivity index (χ0n) is 14.8. The fourth-order valence-corrected chi connectivity index (χ4v) is 4.27. The molecule has 0 fully saturated rings. The normalized spacial score (nSPS) is 17.5. The number of imidazole rings is 1. The van der Waals surface area contributed by atoms with Crippen LogP contribution in [0.3, 0.4) is 0 Å². The van der Waals surface area contributed by atoms with Crippen molar-refractivity contribution < 1.29 is 30.4 Å². The third kappa shape index (κ3) is 3.83. The molecule has 0 spiro atoms. The van der Waals surface area contributed by atoms with Gasteiger partial charge in [0.05, 0.1) is 17.1 Å². The van der Waals surface area contributed by atoms with Gasteiger partial charge in [0.25, 0.3) is 0 Å². The van der Waals surface area contributed by atoms with E-state index in [1.54, 1.807) is 6.92 Å². The van der Waals surface area contributed by atoms with Gasteiger partial charge in [-0.05, 0) is 41.7 Å². The Morgan fingerprint density at radius 2 is 1.93 bits per heavy atom. The third-order valence-electron chi connectivity index (χ3n) is 4.09. The van der Waals surface area contributed by atoms with E-state index in [1.165, 1.54) is 25.3 Å². The minimum Gasteiger partial charge on any atom is -0.335 e. The molecule has 1 atom stereocenters. The first-order valence-electron chi connectivity index (χ1n) is 8.07. The number of aromatic nitrogens is 3. The molecule has 2 aromatic heterocycles. The van der Waals surface area contributed by atoms with Crippen LogP contribution in [0.2, 0.25) is 0 Å². The summed E-state index contributed by atoms with van der Waals surface area (Å²) in [6.45, 7) is 3.00. The van der Waals surface area contributed by atoms with Crippen LogP contribution < -0.4 is 15.8 Å². The Balaban J connectivity index is 2.18. The monoisotopic (exact) mass is 549 g/mol. The molecule has 0 radical (unpaired) electrons. The topological polar surface area (TPSA) is 91.3 Å². The molecule has 1 N–H and O–H groups in total. The van der Waals surface area contributed by atoms with E-state index in [-0.39, 0.29) is 21.8 Å². The summed E-state index contributed by atoms with van der Waals surface area (Å²) in [6, 6.07) is 0.682. The van der Waals surface area contributed by atoms with E-state index < -0.39 is 39.3 Å². The van der Waals surface area contributed by atoms with Gasteiger partial charge < -0.3 is 4.98 Å². The van der Waals surface area contributed by atoms with Crippen molar-refractivity contribution in [1.29, 1.82) is 0 Å². The predicted molar refractivity (Wildman–Crippen MR) is 100 cm³/mol. The van der Waals surface area contributed by atoms with Gasteiger partial charge in [0.15, 0.2) is 27.0 Å². The standard InChI is InChI=1S/C15H13F5IN5O2S/c1-3-29(27,28)10-5-8(21)6-22-12(10)26-7(2)4-9-11(25-26)24-13(23-9)14(16,17)15(18,19)20/h4-7H,3H2,1-2H3,(H,23,24,25). The number of hydrogen-bond acceptors (Lipinski definition) is 6. The van der Waals surface area contributed by atoms with E-state index in [4.69, 9.17) is 0 Å². The molecule has 0 amide bonds. The maximum absolute atomic E-state index is 13.6. The maximum Gasteiger partial charge on any atom is 0.461 e. The Morgan fingerprint density at radius 3 is 2.52 bits per heavy atom. The summed E-state index contributed by atoms with van der Waals surface area (Å²) in [5, 5.41) is 4.98. The van der Waals surface area contributed by atoms with Crippen LogP contribution in [0.1, 0.15) is 19.7 Å². The molecule has 1 unspecified atom stereocenters. The highest BCUT2D eigenvalue weighted by atomic mass is 127. The van der Waals surface area contributed by atoms with Gasteiger partial charge in [-0.25, -0.2) is 23.4 Å². The van der Waals surface area contributed by atoms with E-state index in [2.05, 4.69) is 15.1 Å². The van der Waals surface area contributed by atoms with Crippen LogP contribution in [0.25, 0.3) is 6.08 Å². The summed E-state index contributed by atoms with van der Waals surface area (Å²) >= 11 is 1.88. The summed E-state index contributed by atoms with van der Waals surface area (Å²) in [5.74, 6) is -7.09. The molecule has 7 nitrogen and oxygen atoms in total. The SMILES string of the molecule is CCS(=O)(=O)c1cc(I)cnc1N1N=c2nc(C(F)(F)C(F)(F)F)[nH]c2=CC1C. The summed E-state index contributed by atoms with van der Waals surface area (Å²) in [4.78, 5) is 9.20. The van der Waals surface area contributed by atoms with Crippen LogP contribution in [0.5, 0.6) is 0 Å². The first kappa shape index (κ1) is 21.9. The number of alkyl halides is 5. The number of aromatic amines is 1. The predicted octanol–water partition coefficient (Wildman–Crippen LogP) is 2.08. The largest absolute Gasteiger partial charge is 0.461 e. The molecule has 0 bridgehead atoms. The summed E-state index contributed by atoms with van der Waals surface area (Å²) in [5.41, 5.74) is -0.428. The van der Waals surface area contributed by atoms with Gasteiger partial charge in [0.1, 0.15) is 4.90 Å². The van der Waals surface area contributed by atoms with Crippen LogP contribution in [0.15, 0.2) is 22.3 Å². The first-order chi connectivity index (χ1) is 13.3. The van der Waals surface area contributed by atoms with Gasteiger partial charge in [-0.1, -0.05) is 6.92 Å². The number of nitrogens with one attached hydrogen (secondary N) is 1. The molecule has 29 heavy (non-hydrogen) atoms. The van der Waals surface area contributed by atoms with Crippen LogP contribution >= 0.6 is 22.6 Å². The summed E-state index contributed by atoms with van der Waals surface area (Å²) < 4.78 is 90.5. The smallest absolute Gasteiger partial charge is 0.335 e. The molecule has 3 heterocycles. The third-order valence-corrected chi connectivity index (χ3v) is 6.41. The summed E-state index contributed by atoms with van der Waals surface area (Å²) in [7, 11) is -3.72. The van der Waals surface area contributed by atoms with Crippen molar-refractivity contribution in [3.63, 3.8) is 0 Å². The van der Waals surface area contributed by atoms with E-state index in [0.717, 1.165) is 5.01 Å². The molecular weight excluding hydrogens is 536 g/mol. The van der Waals surface area contributed by atoms with Crippen molar-refractivity contribution in [3.05, 3.63) is 32.5 Å². The molecule has 158 valence electrons. The van der Waals surface area contributed by atoms with Crippen LogP contribution in [0.4, 0.5) is 27.8 Å². The Kier molecular flexibility index (Phi) is 5.38. The zero-order valence-corrected chi connectivity index (χ0v) is 17.8. The van der Waals surface area contributed by atoms with Crippen molar-refractivity contribution in [2.24, 2.45) is 5.10 Å². The highest BCUT2D eigenvalue weighted by Gasteiger charge is 2.61. The lowest BCUT2D eigenvalue weighted by atomic mass is 10.2. The van der Waals surface area contributed by atoms with E-state index in [9.17, 15) is 30.4 Å². The van der Waals surface area contributed by atoms with Crippen LogP contribution in [-0.2, 0) is 15.8 Å². The molecule has 14 heteroatoms. The molecule has 0 saturated carbocycles. The van der Waals surface area contributed by atoms with Crippen molar-refractivity contribution in [3.8, 4) is 0 Å². The van der Waals surface area contributed by atoms with Crippen molar-refractivity contribution >= 4 is 44.3 Å². The lowest BCUT2D eigenvalue weighted by molar-refractivity contribution is -0.292. The number of H-pyrrole nitrogens is 1. The van der Waals surface area contributed by atoms with Crippen LogP contribution in [-0.4, -0.2) is 41.3 Å². The van der Waals surface area contributed by atoms with Crippen LogP contribution in [0, 0.1) is 3.57 Å². The Bertz CT molecular complexity index is 1180. The Morgan fingerprint density at radius 1 is 1.28 bits per heavy atom. The molecular formula is C15H13F5IN5O2S. The van der Waals surface area contributed by atoms with E-state index in [0.29, 0.717) is 3.57 Å². The molecule has 1 aliphatic heterocycles. The maximum atomic E-state index is 13.6. The first-order valence-corrected chi connectivity index (χ1v) is 10.8. The van der Waals surface area contributed by atoms with E-state index in [1.807, 2.05) is 27.6 Å². The molecule has 1 aliphatic rings. The lowest BCUT2D eigenvalue weighted by Gasteiger charge is -2.26. The highest BCUT2D eigenvalue weighted by Crippen LogP contribution is 2.41. The Hall–Kier alpha value is -1.84. The second-order valence-electron chi connectivity index (χ2n) is 6.13. The number of sulfone groups is 1. The average molecular weight is 549 g/mol. The number of nitrogens with zero attached hydrogens (tertiary/aromatic N) is 4. The molecule has 3 rings (SSSR count). The van der Waals surface area contributed by atoms with Crippen molar-refractivity contribution in [2.45, 2.75) is 36.9 Å². The second kappa shape index (κ2) is 7.14. The zero-order chi connectivity index (χ0) is 21.8. The number of fused-ring (bicyclic) bond motifs is 1. The lowest BCUT2D eigenvalue weighted by Crippen LogP contribution is -2.42.